The average Bonchev–Trinajstić information content (AvgIpc) is 2.34. The Balaban J connectivity index is 2.52. The minimum absolute atomic E-state index is 0.00299. The van der Waals surface area contributed by atoms with E-state index >= 15 is 0 Å². The Kier molecular flexibility index (Phi) is 5.49. The third-order valence-corrected chi connectivity index (χ3v) is 2.83. The van der Waals surface area contributed by atoms with Crippen LogP contribution < -0.4 is 10.6 Å². The van der Waals surface area contributed by atoms with E-state index in [0.29, 0.717) is 12.0 Å². The summed E-state index contributed by atoms with van der Waals surface area (Å²) < 4.78 is 13.7. The zero-order valence-corrected chi connectivity index (χ0v) is 11.6. The van der Waals surface area contributed by atoms with E-state index in [1.54, 1.807) is 32.0 Å². The van der Waals surface area contributed by atoms with E-state index in [2.05, 4.69) is 10.6 Å². The van der Waals surface area contributed by atoms with Gasteiger partial charge in [0.05, 0.1) is 5.54 Å². The van der Waals surface area contributed by atoms with E-state index in [1.165, 1.54) is 6.07 Å². The largest absolute Gasteiger partial charge is 0.481 e. The number of hydrogen-bond acceptors (Lipinski definition) is 2. The molecule has 0 aliphatic rings. The van der Waals surface area contributed by atoms with Crippen molar-refractivity contribution >= 4 is 12.0 Å². The van der Waals surface area contributed by atoms with E-state index in [-0.39, 0.29) is 18.8 Å². The standard InChI is InChI=1S/C14H19FN2O3/c1-14(2,10-6-3-4-7-11(10)15)17-13(20)16-9-5-8-12(18)19/h3-4,6-7H,5,8-9H2,1-2H3,(H,18,19)(H2,16,17,20). The summed E-state index contributed by atoms with van der Waals surface area (Å²) in [6.45, 7) is 3.65. The average molecular weight is 282 g/mol. The lowest BCUT2D eigenvalue weighted by Crippen LogP contribution is -2.47. The Morgan fingerprint density at radius 2 is 1.95 bits per heavy atom. The number of aliphatic carboxylic acids is 1. The van der Waals surface area contributed by atoms with E-state index in [9.17, 15) is 14.0 Å². The fourth-order valence-corrected chi connectivity index (χ4v) is 1.80. The van der Waals surface area contributed by atoms with Crippen LogP contribution in [0.15, 0.2) is 24.3 Å². The van der Waals surface area contributed by atoms with E-state index in [1.807, 2.05) is 0 Å². The van der Waals surface area contributed by atoms with Gasteiger partial charge in [0.2, 0.25) is 0 Å². The van der Waals surface area contributed by atoms with Gasteiger partial charge in [0.25, 0.3) is 0 Å². The summed E-state index contributed by atoms with van der Waals surface area (Å²) >= 11 is 0. The molecule has 0 aliphatic carbocycles. The van der Waals surface area contributed by atoms with Crippen LogP contribution in [-0.4, -0.2) is 23.7 Å². The molecule has 1 aromatic rings. The van der Waals surface area contributed by atoms with Crippen LogP contribution in [0.1, 0.15) is 32.3 Å². The van der Waals surface area contributed by atoms with Gasteiger partial charge in [-0.05, 0) is 26.3 Å². The third kappa shape index (κ3) is 4.87. The Hall–Kier alpha value is -2.11. The second kappa shape index (κ2) is 6.88. The molecule has 1 rings (SSSR count). The van der Waals surface area contributed by atoms with Crippen molar-refractivity contribution in [2.75, 3.05) is 6.54 Å². The van der Waals surface area contributed by atoms with Crippen molar-refractivity contribution in [1.29, 1.82) is 0 Å². The molecule has 0 unspecified atom stereocenters. The van der Waals surface area contributed by atoms with Crippen molar-refractivity contribution in [3.05, 3.63) is 35.6 Å². The molecule has 2 amide bonds. The predicted octanol–water partition coefficient (Wildman–Crippen LogP) is 2.22. The summed E-state index contributed by atoms with van der Waals surface area (Å²) in [6, 6.07) is 5.78. The first-order valence-electron chi connectivity index (χ1n) is 6.36. The van der Waals surface area contributed by atoms with Crippen LogP contribution in [0, 0.1) is 5.82 Å². The molecule has 5 nitrogen and oxygen atoms in total. The highest BCUT2D eigenvalue weighted by atomic mass is 19.1. The molecule has 0 bridgehead atoms. The highest BCUT2D eigenvalue weighted by molar-refractivity contribution is 5.75. The number of urea groups is 1. The van der Waals surface area contributed by atoms with Crippen LogP contribution in [0.5, 0.6) is 0 Å². The van der Waals surface area contributed by atoms with Crippen LogP contribution in [0.2, 0.25) is 0 Å². The normalized spacial score (nSPS) is 10.9. The molecule has 1 aromatic carbocycles. The van der Waals surface area contributed by atoms with Gasteiger partial charge in [-0.3, -0.25) is 4.79 Å². The van der Waals surface area contributed by atoms with Crippen LogP contribution >= 0.6 is 0 Å². The second-order valence-electron chi connectivity index (χ2n) is 4.98. The van der Waals surface area contributed by atoms with Gasteiger partial charge in [0.15, 0.2) is 0 Å². The van der Waals surface area contributed by atoms with E-state index < -0.39 is 17.5 Å². The smallest absolute Gasteiger partial charge is 0.315 e. The highest BCUT2D eigenvalue weighted by Crippen LogP contribution is 2.22. The Morgan fingerprint density at radius 3 is 2.55 bits per heavy atom. The molecule has 0 radical (unpaired) electrons. The van der Waals surface area contributed by atoms with Gasteiger partial charge in [0, 0.05) is 18.5 Å². The van der Waals surface area contributed by atoms with Crippen molar-refractivity contribution in [2.45, 2.75) is 32.2 Å². The molecule has 0 heterocycles. The lowest BCUT2D eigenvalue weighted by molar-refractivity contribution is -0.137. The minimum atomic E-state index is -0.904. The lowest BCUT2D eigenvalue weighted by Gasteiger charge is -2.27. The van der Waals surface area contributed by atoms with Crippen molar-refractivity contribution in [3.8, 4) is 0 Å². The number of carboxylic acids is 1. The predicted molar refractivity (Wildman–Crippen MR) is 72.8 cm³/mol. The number of benzene rings is 1. The summed E-state index contributed by atoms with van der Waals surface area (Å²) in [4.78, 5) is 22.0. The van der Waals surface area contributed by atoms with Gasteiger partial charge in [-0.15, -0.1) is 0 Å². The first kappa shape index (κ1) is 15.9. The fraction of sp³-hybridized carbons (Fsp3) is 0.429. The first-order valence-corrected chi connectivity index (χ1v) is 6.36. The number of carbonyl (C=O) groups is 2. The zero-order valence-electron chi connectivity index (χ0n) is 11.6. The monoisotopic (exact) mass is 282 g/mol. The summed E-state index contributed by atoms with van der Waals surface area (Å²) in [6.07, 6.45) is 0.347. The second-order valence-corrected chi connectivity index (χ2v) is 4.98. The van der Waals surface area contributed by atoms with E-state index in [4.69, 9.17) is 5.11 Å². The Bertz CT molecular complexity index is 489. The molecule has 0 saturated carbocycles. The highest BCUT2D eigenvalue weighted by Gasteiger charge is 2.25. The molecule has 6 heteroatoms. The summed E-state index contributed by atoms with van der Waals surface area (Å²) in [5.74, 6) is -1.29. The molecule has 3 N–H and O–H groups in total. The summed E-state index contributed by atoms with van der Waals surface area (Å²) in [7, 11) is 0. The van der Waals surface area contributed by atoms with Gasteiger partial charge in [-0.1, -0.05) is 18.2 Å². The molecule has 0 atom stereocenters. The summed E-state index contributed by atoms with van der Waals surface area (Å²) in [5, 5.41) is 13.7. The van der Waals surface area contributed by atoms with Crippen molar-refractivity contribution in [2.24, 2.45) is 0 Å². The molecule has 0 aromatic heterocycles. The topological polar surface area (TPSA) is 78.4 Å². The van der Waals surface area contributed by atoms with Crippen LogP contribution in [-0.2, 0) is 10.3 Å². The maximum Gasteiger partial charge on any atom is 0.315 e. The third-order valence-electron chi connectivity index (χ3n) is 2.83. The zero-order chi connectivity index (χ0) is 15.2. The number of rotatable bonds is 6. The lowest BCUT2D eigenvalue weighted by atomic mass is 9.94. The molecular formula is C14H19FN2O3. The molecular weight excluding hydrogens is 263 g/mol. The minimum Gasteiger partial charge on any atom is -0.481 e. The Labute approximate surface area is 117 Å². The molecule has 0 fully saturated rings. The van der Waals surface area contributed by atoms with Crippen LogP contribution in [0.4, 0.5) is 9.18 Å². The van der Waals surface area contributed by atoms with Crippen molar-refractivity contribution < 1.29 is 19.1 Å². The van der Waals surface area contributed by atoms with Crippen LogP contribution in [0.3, 0.4) is 0 Å². The van der Waals surface area contributed by atoms with Gasteiger partial charge in [-0.25, -0.2) is 9.18 Å². The van der Waals surface area contributed by atoms with Gasteiger partial charge in [-0.2, -0.15) is 0 Å². The number of carbonyl (C=O) groups excluding carboxylic acids is 1. The van der Waals surface area contributed by atoms with Crippen LogP contribution in [0.25, 0.3) is 0 Å². The van der Waals surface area contributed by atoms with Gasteiger partial charge < -0.3 is 15.7 Å². The molecule has 0 spiro atoms. The molecule has 20 heavy (non-hydrogen) atoms. The molecule has 110 valence electrons. The number of amides is 2. The maximum absolute atomic E-state index is 13.7. The number of carboxylic acid groups (broad SMARTS) is 1. The molecule has 0 aliphatic heterocycles. The first-order chi connectivity index (χ1) is 9.33. The maximum atomic E-state index is 13.7. The number of halogens is 1. The Morgan fingerprint density at radius 1 is 1.30 bits per heavy atom. The van der Waals surface area contributed by atoms with E-state index in [0.717, 1.165) is 0 Å². The van der Waals surface area contributed by atoms with Gasteiger partial charge >= 0.3 is 12.0 Å². The molecule has 0 saturated heterocycles. The number of hydrogen-bond donors (Lipinski definition) is 3. The fourth-order valence-electron chi connectivity index (χ4n) is 1.80. The number of nitrogens with one attached hydrogen (secondary N) is 2. The van der Waals surface area contributed by atoms with Gasteiger partial charge in [0.1, 0.15) is 5.82 Å². The van der Waals surface area contributed by atoms with Crippen molar-refractivity contribution in [1.82, 2.24) is 10.6 Å². The quantitative estimate of drug-likeness (QED) is 0.700. The summed E-state index contributed by atoms with van der Waals surface area (Å²) in [5.41, 5.74) is -0.469. The SMILES string of the molecule is CC(C)(NC(=O)NCCCC(=O)O)c1ccccc1F. The van der Waals surface area contributed by atoms with Crippen molar-refractivity contribution in [3.63, 3.8) is 0 Å².